The minimum atomic E-state index is 0.897. The van der Waals surface area contributed by atoms with Crippen molar-refractivity contribution < 1.29 is 0 Å². The zero-order chi connectivity index (χ0) is 31.4. The van der Waals surface area contributed by atoms with E-state index in [0.29, 0.717) is 0 Å². The highest BCUT2D eigenvalue weighted by molar-refractivity contribution is 5.76. The monoisotopic (exact) mass is 596 g/mol. The maximum atomic E-state index is 4.27. The second-order valence-corrected chi connectivity index (χ2v) is 11.6. The van der Waals surface area contributed by atoms with Crippen LogP contribution in [-0.4, -0.2) is 103 Å². The first kappa shape index (κ1) is 30.5. The molecule has 4 aromatic rings. The third-order valence-electron chi connectivity index (χ3n) is 7.99. The minimum Gasteiger partial charge on any atom is -0.355 e. The molecule has 0 N–H and O–H groups in total. The van der Waals surface area contributed by atoms with Gasteiger partial charge in [0.15, 0.2) is 11.6 Å². The third kappa shape index (κ3) is 6.34. The molecule has 0 fully saturated rings. The Labute approximate surface area is 261 Å². The van der Waals surface area contributed by atoms with Crippen molar-refractivity contribution in [2.75, 3.05) is 122 Å². The van der Waals surface area contributed by atoms with Gasteiger partial charge < -0.3 is 39.2 Å². The molecule has 0 saturated heterocycles. The van der Waals surface area contributed by atoms with E-state index >= 15 is 0 Å². The quantitative estimate of drug-likeness (QED) is 0.297. The molecule has 232 valence electrons. The van der Waals surface area contributed by atoms with Gasteiger partial charge in [-0.25, -0.2) is 15.0 Å². The van der Waals surface area contributed by atoms with Crippen LogP contribution in [0.25, 0.3) is 0 Å². The van der Waals surface area contributed by atoms with Crippen molar-refractivity contribution in [1.29, 1.82) is 0 Å². The molecule has 1 aromatic carbocycles. The standard InChI is InChI=1S/C9H12N2.2C8H11N3.C7H10N4/c1-10-7-11(2)9-6-4-3-5-8(9)10;1-10-6-11(2)8-5-9-4-3-7(8)10;1-10-6-11(2)8-7(10)4-3-5-9-8;1-10-5-11(2)7-6(10)3-8-4-9-7/h3-6H,7H2,1-2H3;2*3-5H,6H2,1-2H3;3-4H,5H2,1-2H3. The Kier molecular flexibility index (Phi) is 9.07. The molecule has 0 radical (unpaired) electrons. The highest BCUT2D eigenvalue weighted by Crippen LogP contribution is 2.34. The summed E-state index contributed by atoms with van der Waals surface area (Å²) in [7, 11) is 16.6. The van der Waals surface area contributed by atoms with Crippen LogP contribution in [0.1, 0.15) is 0 Å². The van der Waals surface area contributed by atoms with Gasteiger partial charge in [-0.15, -0.1) is 0 Å². The van der Waals surface area contributed by atoms with Crippen molar-refractivity contribution in [3.05, 3.63) is 73.6 Å². The maximum absolute atomic E-state index is 4.27. The molecule has 0 unspecified atom stereocenters. The number of hydrogen-bond donors (Lipinski definition) is 0. The van der Waals surface area contributed by atoms with Crippen LogP contribution in [0.4, 0.5) is 45.8 Å². The van der Waals surface area contributed by atoms with E-state index < -0.39 is 0 Å². The van der Waals surface area contributed by atoms with Gasteiger partial charge in [0.25, 0.3) is 0 Å². The summed E-state index contributed by atoms with van der Waals surface area (Å²) in [5, 5.41) is 0. The Morgan fingerprint density at radius 2 is 0.864 bits per heavy atom. The number of fused-ring (bicyclic) bond motifs is 4. The molecule has 3 aromatic heterocycles. The number of hydrogen-bond acceptors (Lipinski definition) is 12. The van der Waals surface area contributed by atoms with Gasteiger partial charge in [-0.1, -0.05) is 12.1 Å². The summed E-state index contributed by atoms with van der Waals surface area (Å²) in [6.45, 7) is 3.79. The maximum Gasteiger partial charge on any atom is 0.156 e. The number of pyridine rings is 2. The normalized spacial score (nSPS) is 15.5. The second-order valence-electron chi connectivity index (χ2n) is 11.6. The molecule has 0 spiro atoms. The molecule has 0 bridgehead atoms. The zero-order valence-corrected chi connectivity index (χ0v) is 27.1. The summed E-state index contributed by atoms with van der Waals surface area (Å²) >= 11 is 0. The van der Waals surface area contributed by atoms with Crippen LogP contribution in [0.15, 0.2) is 73.6 Å². The molecule has 12 nitrogen and oxygen atoms in total. The fourth-order valence-electron chi connectivity index (χ4n) is 5.83. The van der Waals surface area contributed by atoms with Gasteiger partial charge in [-0.05, 0) is 30.3 Å². The van der Waals surface area contributed by atoms with Gasteiger partial charge in [0.1, 0.15) is 6.33 Å². The van der Waals surface area contributed by atoms with E-state index in [4.69, 9.17) is 0 Å². The van der Waals surface area contributed by atoms with Gasteiger partial charge in [-0.3, -0.25) is 4.98 Å². The summed E-state index contributed by atoms with van der Waals surface area (Å²) < 4.78 is 0. The van der Waals surface area contributed by atoms with Crippen molar-refractivity contribution in [3.8, 4) is 0 Å². The van der Waals surface area contributed by atoms with Crippen LogP contribution >= 0.6 is 0 Å². The topological polar surface area (TPSA) is 77.5 Å². The first-order chi connectivity index (χ1) is 21.2. The SMILES string of the molecule is CN1CN(C)c2ccccc21.CN1CN(C)c2cnccc21.CN1CN(C)c2ncccc21.CN1CN(C)c2ncncc21. The summed E-state index contributed by atoms with van der Waals surface area (Å²) in [4.78, 5) is 33.9. The van der Waals surface area contributed by atoms with Crippen molar-refractivity contribution in [2.24, 2.45) is 0 Å². The number of nitrogens with zero attached hydrogens (tertiary/aromatic N) is 12. The molecule has 0 atom stereocenters. The number of para-hydroxylation sites is 2. The lowest BCUT2D eigenvalue weighted by atomic mass is 10.3. The smallest absolute Gasteiger partial charge is 0.156 e. The highest BCUT2D eigenvalue weighted by atomic mass is 15.4. The second kappa shape index (κ2) is 13.1. The average Bonchev–Trinajstić information content (AvgIpc) is 3.71. The lowest BCUT2D eigenvalue weighted by Crippen LogP contribution is -2.24. The van der Waals surface area contributed by atoms with Crippen LogP contribution < -0.4 is 39.2 Å². The lowest BCUT2D eigenvalue weighted by molar-refractivity contribution is 0.908. The average molecular weight is 597 g/mol. The van der Waals surface area contributed by atoms with E-state index in [2.05, 4.69) is 132 Å². The summed E-state index contributed by atoms with van der Waals surface area (Å²) in [6, 6.07) is 14.6. The number of rotatable bonds is 0. The Morgan fingerprint density at radius 1 is 0.409 bits per heavy atom. The van der Waals surface area contributed by atoms with Crippen LogP contribution in [0, 0.1) is 0 Å². The minimum absolute atomic E-state index is 0.897. The van der Waals surface area contributed by atoms with E-state index in [9.17, 15) is 0 Å². The highest BCUT2D eigenvalue weighted by Gasteiger charge is 2.22. The van der Waals surface area contributed by atoms with E-state index in [0.717, 1.165) is 44.0 Å². The molecule has 7 heterocycles. The van der Waals surface area contributed by atoms with Gasteiger partial charge in [-0.2, -0.15) is 0 Å². The van der Waals surface area contributed by atoms with E-state index in [1.54, 1.807) is 6.33 Å². The molecule has 4 aliphatic heterocycles. The number of aromatic nitrogens is 4. The molecular weight excluding hydrogens is 552 g/mol. The first-order valence-electron chi connectivity index (χ1n) is 14.6. The van der Waals surface area contributed by atoms with Crippen molar-refractivity contribution in [1.82, 2.24) is 19.9 Å². The van der Waals surface area contributed by atoms with Crippen LogP contribution in [-0.2, 0) is 0 Å². The largest absolute Gasteiger partial charge is 0.355 e. The van der Waals surface area contributed by atoms with Gasteiger partial charge >= 0.3 is 0 Å². The van der Waals surface area contributed by atoms with Crippen LogP contribution in [0.2, 0.25) is 0 Å². The molecular formula is C32H44N12. The molecule has 12 heteroatoms. The van der Waals surface area contributed by atoms with Crippen LogP contribution in [0.5, 0.6) is 0 Å². The van der Waals surface area contributed by atoms with E-state index in [1.807, 2.05) is 51.0 Å². The van der Waals surface area contributed by atoms with Crippen LogP contribution in [0.3, 0.4) is 0 Å². The molecule has 0 aliphatic carbocycles. The summed E-state index contributed by atoms with van der Waals surface area (Å²) in [6.07, 6.45) is 8.97. The Bertz CT molecular complexity index is 1210. The number of anilines is 8. The van der Waals surface area contributed by atoms with Crippen molar-refractivity contribution in [2.45, 2.75) is 0 Å². The first-order valence-corrected chi connectivity index (χ1v) is 14.6. The Hall–Kier alpha value is -5.00. The van der Waals surface area contributed by atoms with Crippen molar-refractivity contribution >= 4 is 45.8 Å². The zero-order valence-electron chi connectivity index (χ0n) is 27.1. The summed E-state index contributed by atoms with van der Waals surface area (Å²) in [5.74, 6) is 2.09. The van der Waals surface area contributed by atoms with Gasteiger partial charge in [0.05, 0.1) is 73.2 Å². The Balaban J connectivity index is 0.000000116. The summed E-state index contributed by atoms with van der Waals surface area (Å²) in [5.41, 5.74) is 7.47. The fourth-order valence-corrected chi connectivity index (χ4v) is 5.83. The van der Waals surface area contributed by atoms with E-state index in [1.165, 1.54) is 28.4 Å². The third-order valence-corrected chi connectivity index (χ3v) is 7.99. The van der Waals surface area contributed by atoms with E-state index in [-0.39, 0.29) is 0 Å². The Morgan fingerprint density at radius 3 is 1.43 bits per heavy atom. The number of benzene rings is 1. The molecule has 0 saturated carbocycles. The fraction of sp³-hybridized carbons (Fsp3) is 0.375. The molecule has 44 heavy (non-hydrogen) atoms. The molecule has 0 amide bonds. The lowest BCUT2D eigenvalue weighted by Gasteiger charge is -2.11. The van der Waals surface area contributed by atoms with Crippen molar-refractivity contribution in [3.63, 3.8) is 0 Å². The molecule has 8 rings (SSSR count). The predicted octanol–water partition coefficient (Wildman–Crippen LogP) is 3.70. The predicted molar refractivity (Wildman–Crippen MR) is 184 cm³/mol. The van der Waals surface area contributed by atoms with Gasteiger partial charge in [0, 0.05) is 68.8 Å². The molecule has 4 aliphatic rings. The van der Waals surface area contributed by atoms with Gasteiger partial charge in [0.2, 0.25) is 0 Å².